The molecule has 0 saturated carbocycles. The summed E-state index contributed by atoms with van der Waals surface area (Å²) in [7, 11) is 3.62. The van der Waals surface area contributed by atoms with Crippen molar-refractivity contribution in [3.8, 4) is 5.75 Å². The molecule has 1 aliphatic rings. The molecule has 152 valence electrons. The van der Waals surface area contributed by atoms with Gasteiger partial charge in [-0.15, -0.1) is 10.2 Å². The second kappa shape index (κ2) is 8.06. The molecule has 0 radical (unpaired) electrons. The number of piperidine rings is 1. The number of hydrogen-bond donors (Lipinski definition) is 0. The first kappa shape index (κ1) is 19.2. The zero-order valence-electron chi connectivity index (χ0n) is 17.1. The van der Waals surface area contributed by atoms with Gasteiger partial charge in [0.05, 0.1) is 20.0 Å². The van der Waals surface area contributed by atoms with Gasteiger partial charge in [0.2, 0.25) is 0 Å². The first-order valence-electron chi connectivity index (χ1n) is 9.84. The van der Waals surface area contributed by atoms with Gasteiger partial charge in [-0.25, -0.2) is 4.98 Å². The number of imidazole rings is 1. The lowest BCUT2D eigenvalue weighted by Crippen LogP contribution is -2.39. The molecule has 1 aliphatic heterocycles. The summed E-state index contributed by atoms with van der Waals surface area (Å²) >= 11 is 0. The Kier molecular flexibility index (Phi) is 5.33. The lowest BCUT2D eigenvalue weighted by Gasteiger charge is -2.32. The lowest BCUT2D eigenvalue weighted by molar-refractivity contribution is 0.0703. The van der Waals surface area contributed by atoms with E-state index >= 15 is 0 Å². The number of nitrogens with zero attached hydrogens (tertiary/aromatic N) is 6. The standard InChI is InChI=1S/C21H26N6O2/c1-15-6-7-16(11-18(15)29-3)21(28)27-9-4-5-17(12-27)20-24-23-19(25(20)2)13-26-10-8-22-14-26/h6-8,10-11,14,17H,4-5,9,12-13H2,1-3H3/t17-/m0/s1. The minimum Gasteiger partial charge on any atom is -0.496 e. The maximum absolute atomic E-state index is 13.1. The van der Waals surface area contributed by atoms with Gasteiger partial charge in [0.25, 0.3) is 5.91 Å². The molecule has 1 fully saturated rings. The summed E-state index contributed by atoms with van der Waals surface area (Å²) in [6.07, 6.45) is 7.37. The third-order valence-corrected chi connectivity index (χ3v) is 5.61. The molecule has 1 aromatic carbocycles. The molecule has 1 atom stereocenters. The average Bonchev–Trinajstić information content (AvgIpc) is 3.38. The smallest absolute Gasteiger partial charge is 0.254 e. The van der Waals surface area contributed by atoms with Crippen molar-refractivity contribution >= 4 is 5.91 Å². The Morgan fingerprint density at radius 3 is 2.93 bits per heavy atom. The van der Waals surface area contributed by atoms with Gasteiger partial charge in [-0.3, -0.25) is 4.79 Å². The number of hydrogen-bond acceptors (Lipinski definition) is 5. The van der Waals surface area contributed by atoms with E-state index in [0.29, 0.717) is 18.7 Å². The van der Waals surface area contributed by atoms with Crippen LogP contribution in [0, 0.1) is 6.92 Å². The van der Waals surface area contributed by atoms with Crippen LogP contribution in [0.3, 0.4) is 0 Å². The van der Waals surface area contributed by atoms with E-state index in [9.17, 15) is 4.79 Å². The summed E-state index contributed by atoms with van der Waals surface area (Å²) in [6, 6.07) is 5.63. The Morgan fingerprint density at radius 1 is 1.31 bits per heavy atom. The van der Waals surface area contributed by atoms with Gasteiger partial charge in [-0.2, -0.15) is 0 Å². The lowest BCUT2D eigenvalue weighted by atomic mass is 9.96. The predicted octanol–water partition coefficient (Wildman–Crippen LogP) is 2.40. The zero-order chi connectivity index (χ0) is 20.4. The maximum Gasteiger partial charge on any atom is 0.254 e. The highest BCUT2D eigenvalue weighted by atomic mass is 16.5. The molecule has 29 heavy (non-hydrogen) atoms. The predicted molar refractivity (Wildman–Crippen MR) is 108 cm³/mol. The number of ether oxygens (including phenoxy) is 1. The number of aryl methyl sites for hydroxylation is 1. The molecule has 0 bridgehead atoms. The quantitative estimate of drug-likeness (QED) is 0.664. The second-order valence-electron chi connectivity index (χ2n) is 7.54. The molecule has 1 amide bonds. The molecule has 2 aromatic heterocycles. The van der Waals surface area contributed by atoms with Crippen LogP contribution in [0.5, 0.6) is 5.75 Å². The number of rotatable bonds is 5. The number of carbonyl (C=O) groups excluding carboxylic acids is 1. The highest BCUT2D eigenvalue weighted by Crippen LogP contribution is 2.28. The fourth-order valence-corrected chi connectivity index (χ4v) is 3.92. The van der Waals surface area contributed by atoms with Crippen LogP contribution >= 0.6 is 0 Å². The normalized spacial score (nSPS) is 16.8. The van der Waals surface area contributed by atoms with Gasteiger partial charge in [0.1, 0.15) is 11.6 Å². The van der Waals surface area contributed by atoms with Crippen LogP contribution in [0.25, 0.3) is 0 Å². The van der Waals surface area contributed by atoms with Gasteiger partial charge in [-0.05, 0) is 37.5 Å². The molecule has 3 heterocycles. The van der Waals surface area contributed by atoms with E-state index in [2.05, 4.69) is 15.2 Å². The Bertz CT molecular complexity index is 995. The van der Waals surface area contributed by atoms with Crippen LogP contribution in [0.15, 0.2) is 36.9 Å². The van der Waals surface area contributed by atoms with E-state index < -0.39 is 0 Å². The van der Waals surface area contributed by atoms with Crippen molar-refractivity contribution in [2.24, 2.45) is 7.05 Å². The molecule has 3 aromatic rings. The summed E-state index contributed by atoms with van der Waals surface area (Å²) in [5.41, 5.74) is 1.68. The van der Waals surface area contributed by atoms with E-state index in [1.54, 1.807) is 19.6 Å². The largest absolute Gasteiger partial charge is 0.496 e. The van der Waals surface area contributed by atoms with Crippen molar-refractivity contribution < 1.29 is 9.53 Å². The molecule has 0 aliphatic carbocycles. The van der Waals surface area contributed by atoms with Crippen molar-refractivity contribution in [2.45, 2.75) is 32.2 Å². The third kappa shape index (κ3) is 3.87. The van der Waals surface area contributed by atoms with Crippen molar-refractivity contribution in [3.63, 3.8) is 0 Å². The topological polar surface area (TPSA) is 78.1 Å². The molecule has 1 saturated heterocycles. The summed E-state index contributed by atoms with van der Waals surface area (Å²) in [6.45, 7) is 4.00. The number of methoxy groups -OCH3 is 1. The van der Waals surface area contributed by atoms with E-state index in [-0.39, 0.29) is 11.8 Å². The number of aromatic nitrogens is 5. The van der Waals surface area contributed by atoms with Crippen LogP contribution < -0.4 is 4.74 Å². The first-order valence-corrected chi connectivity index (χ1v) is 9.84. The zero-order valence-corrected chi connectivity index (χ0v) is 17.1. The SMILES string of the molecule is COc1cc(C(=O)N2CCC[C@H](c3nnc(Cn4ccnc4)n3C)C2)ccc1C. The molecule has 0 N–H and O–H groups in total. The fraction of sp³-hybridized carbons (Fsp3) is 0.429. The first-order chi connectivity index (χ1) is 14.1. The fourth-order valence-electron chi connectivity index (χ4n) is 3.92. The van der Waals surface area contributed by atoms with Crippen molar-refractivity contribution in [1.82, 2.24) is 29.2 Å². The summed E-state index contributed by atoms with van der Waals surface area (Å²) in [4.78, 5) is 19.1. The summed E-state index contributed by atoms with van der Waals surface area (Å²) < 4.78 is 9.39. The van der Waals surface area contributed by atoms with Crippen LogP contribution in [0.2, 0.25) is 0 Å². The third-order valence-electron chi connectivity index (χ3n) is 5.61. The minimum atomic E-state index is 0.0359. The van der Waals surface area contributed by atoms with Gasteiger partial charge in [0, 0.05) is 44.0 Å². The molecule has 8 nitrogen and oxygen atoms in total. The maximum atomic E-state index is 13.1. The van der Waals surface area contributed by atoms with Crippen molar-refractivity contribution in [2.75, 3.05) is 20.2 Å². The number of carbonyl (C=O) groups is 1. The Hall–Kier alpha value is -3.16. The van der Waals surface area contributed by atoms with Crippen LogP contribution in [-0.4, -0.2) is 55.3 Å². The number of amides is 1. The van der Waals surface area contributed by atoms with Crippen LogP contribution in [0.4, 0.5) is 0 Å². The molecule has 0 spiro atoms. The van der Waals surface area contributed by atoms with Crippen LogP contribution in [-0.2, 0) is 13.6 Å². The Balaban J connectivity index is 1.50. The molecule has 4 rings (SSSR count). The Labute approximate surface area is 170 Å². The molecule has 0 unspecified atom stereocenters. The summed E-state index contributed by atoms with van der Waals surface area (Å²) in [5, 5.41) is 8.82. The molecular formula is C21H26N6O2. The van der Waals surface area contributed by atoms with E-state index in [1.165, 1.54) is 0 Å². The number of benzene rings is 1. The van der Waals surface area contributed by atoms with Gasteiger partial charge in [0.15, 0.2) is 5.82 Å². The number of likely N-dealkylation sites (tertiary alicyclic amines) is 1. The van der Waals surface area contributed by atoms with Crippen molar-refractivity contribution in [3.05, 3.63) is 59.7 Å². The van der Waals surface area contributed by atoms with Gasteiger partial charge >= 0.3 is 0 Å². The molecule has 8 heteroatoms. The molecular weight excluding hydrogens is 368 g/mol. The van der Waals surface area contributed by atoms with E-state index in [0.717, 1.165) is 42.3 Å². The Morgan fingerprint density at radius 2 is 2.17 bits per heavy atom. The van der Waals surface area contributed by atoms with E-state index in [1.807, 2.05) is 52.4 Å². The monoisotopic (exact) mass is 394 g/mol. The summed E-state index contributed by atoms with van der Waals surface area (Å²) in [5.74, 6) is 2.76. The highest BCUT2D eigenvalue weighted by Gasteiger charge is 2.29. The van der Waals surface area contributed by atoms with Crippen LogP contribution in [0.1, 0.15) is 46.3 Å². The van der Waals surface area contributed by atoms with Crippen molar-refractivity contribution in [1.29, 1.82) is 0 Å². The average molecular weight is 394 g/mol. The second-order valence-corrected chi connectivity index (χ2v) is 7.54. The minimum absolute atomic E-state index is 0.0359. The van der Waals surface area contributed by atoms with E-state index in [4.69, 9.17) is 4.74 Å². The highest BCUT2D eigenvalue weighted by molar-refractivity contribution is 5.94. The van der Waals surface area contributed by atoms with Gasteiger partial charge in [-0.1, -0.05) is 6.07 Å². The van der Waals surface area contributed by atoms with Gasteiger partial charge < -0.3 is 18.8 Å².